The van der Waals surface area contributed by atoms with Gasteiger partial charge in [-0.25, -0.2) is 0 Å². The molecule has 0 fully saturated rings. The molecule has 0 spiro atoms. The average molecular weight is 577 g/mol. The molecule has 0 aromatic heterocycles. The summed E-state index contributed by atoms with van der Waals surface area (Å²) in [6.07, 6.45) is 2.17. The van der Waals surface area contributed by atoms with Gasteiger partial charge in [-0.15, -0.1) is 17.2 Å². The van der Waals surface area contributed by atoms with Crippen LogP contribution in [0.1, 0.15) is 33.4 Å². The average Bonchev–Trinajstić information content (AvgIpc) is 3.03. The minimum Gasteiger partial charge on any atom is -0.872 e. The second-order valence-corrected chi connectivity index (χ2v) is 9.81. The molecule has 3 nitrogen and oxygen atoms in total. The molecule has 0 aliphatic carbocycles. The van der Waals surface area contributed by atoms with Crippen molar-refractivity contribution in [2.45, 2.75) is 19.3 Å². The Labute approximate surface area is 265 Å². The van der Waals surface area contributed by atoms with Crippen molar-refractivity contribution in [3.8, 4) is 17.2 Å². The van der Waals surface area contributed by atoms with Gasteiger partial charge in [0.1, 0.15) is 0 Å². The summed E-state index contributed by atoms with van der Waals surface area (Å²) in [6, 6.07) is 51.6. The van der Waals surface area contributed by atoms with E-state index >= 15 is 0 Å². The smallest absolute Gasteiger partial charge is 0.872 e. The molecule has 0 radical (unpaired) electrons. The monoisotopic (exact) mass is 576 g/mol. The maximum absolute atomic E-state index is 11.4. The van der Waals surface area contributed by atoms with E-state index in [2.05, 4.69) is 0 Å². The van der Waals surface area contributed by atoms with Crippen LogP contribution in [0.15, 0.2) is 164 Å². The Morgan fingerprint density at radius 3 is 0.721 bits per heavy atom. The third kappa shape index (κ3) is 11.2. The summed E-state index contributed by atoms with van der Waals surface area (Å²) in [5.74, 6) is 0.365. The summed E-state index contributed by atoms with van der Waals surface area (Å²) in [5, 5.41) is 34.3. The van der Waals surface area contributed by atoms with E-state index in [-0.39, 0.29) is 34.6 Å². The van der Waals surface area contributed by atoms with Crippen molar-refractivity contribution in [3.63, 3.8) is 0 Å². The van der Waals surface area contributed by atoms with Gasteiger partial charge in [-0.2, -0.15) is 0 Å². The molecule has 0 heterocycles. The molecular formula is C39H33AlO3. The number of para-hydroxylation sites is 3. The topological polar surface area (TPSA) is 69.2 Å². The molecule has 0 unspecified atom stereocenters. The second kappa shape index (κ2) is 17.9. The molecule has 6 rings (SSSR count). The summed E-state index contributed by atoms with van der Waals surface area (Å²) >= 11 is 0. The normalized spacial score (nSPS) is 9.77. The first kappa shape index (κ1) is 32.8. The van der Waals surface area contributed by atoms with Crippen molar-refractivity contribution in [2.24, 2.45) is 0 Å². The third-order valence-electron chi connectivity index (χ3n) is 6.63. The van der Waals surface area contributed by atoms with Crippen LogP contribution in [-0.2, 0) is 19.3 Å². The molecule has 210 valence electrons. The van der Waals surface area contributed by atoms with Crippen LogP contribution >= 0.6 is 0 Å². The standard InChI is InChI=1S/3C13H12O.Al/c3*14-13-9-5-4-8-12(13)10-11-6-2-1-3-7-11;/h3*1-9,14H,10H2;/q;;;+3/p-3. The van der Waals surface area contributed by atoms with Gasteiger partial charge in [0.05, 0.1) is 0 Å². The van der Waals surface area contributed by atoms with Crippen molar-refractivity contribution in [1.29, 1.82) is 0 Å². The molecular weight excluding hydrogens is 543 g/mol. The van der Waals surface area contributed by atoms with E-state index in [0.717, 1.165) is 36.0 Å². The Morgan fingerprint density at radius 1 is 0.279 bits per heavy atom. The largest absolute Gasteiger partial charge is 3.00 e. The maximum Gasteiger partial charge on any atom is 3.00 e. The predicted molar refractivity (Wildman–Crippen MR) is 171 cm³/mol. The van der Waals surface area contributed by atoms with Gasteiger partial charge in [0.15, 0.2) is 0 Å². The summed E-state index contributed by atoms with van der Waals surface area (Å²) < 4.78 is 0. The van der Waals surface area contributed by atoms with Gasteiger partial charge in [-0.1, -0.05) is 180 Å². The zero-order valence-electron chi connectivity index (χ0n) is 24.0. The molecule has 0 aliphatic heterocycles. The Hall–Kier alpha value is -4.75. The van der Waals surface area contributed by atoms with Crippen LogP contribution in [-0.4, -0.2) is 17.4 Å². The van der Waals surface area contributed by atoms with Crippen LogP contribution in [0.25, 0.3) is 0 Å². The molecule has 6 aromatic carbocycles. The van der Waals surface area contributed by atoms with Crippen LogP contribution in [0.4, 0.5) is 0 Å². The van der Waals surface area contributed by atoms with Crippen molar-refractivity contribution >= 4 is 17.4 Å². The summed E-state index contributed by atoms with van der Waals surface area (Å²) in [5.41, 5.74) is 6.11. The van der Waals surface area contributed by atoms with Gasteiger partial charge in [-0.3, -0.25) is 0 Å². The summed E-state index contributed by atoms with van der Waals surface area (Å²) in [4.78, 5) is 0. The molecule has 4 heteroatoms. The van der Waals surface area contributed by atoms with Crippen molar-refractivity contribution < 1.29 is 15.3 Å². The van der Waals surface area contributed by atoms with Crippen LogP contribution in [0.5, 0.6) is 17.2 Å². The van der Waals surface area contributed by atoms with E-state index < -0.39 is 0 Å². The molecule has 0 saturated carbocycles. The zero-order chi connectivity index (χ0) is 29.4. The van der Waals surface area contributed by atoms with E-state index in [0.29, 0.717) is 0 Å². The zero-order valence-corrected chi connectivity index (χ0v) is 25.2. The van der Waals surface area contributed by atoms with Gasteiger partial charge in [-0.05, 0) is 36.0 Å². The molecule has 0 bridgehead atoms. The Kier molecular flexibility index (Phi) is 13.7. The van der Waals surface area contributed by atoms with Gasteiger partial charge in [0, 0.05) is 0 Å². The number of benzene rings is 6. The van der Waals surface area contributed by atoms with Crippen molar-refractivity contribution in [2.75, 3.05) is 0 Å². The molecule has 43 heavy (non-hydrogen) atoms. The van der Waals surface area contributed by atoms with E-state index in [1.165, 1.54) is 16.7 Å². The summed E-state index contributed by atoms with van der Waals surface area (Å²) in [6.45, 7) is 0. The number of rotatable bonds is 6. The quantitative estimate of drug-likeness (QED) is 0.208. The van der Waals surface area contributed by atoms with Gasteiger partial charge < -0.3 is 15.3 Å². The first-order valence-corrected chi connectivity index (χ1v) is 13.9. The minimum absolute atomic E-state index is 0. The SMILES string of the molecule is [Al+3].[O-]c1ccccc1Cc1ccccc1.[O-]c1ccccc1Cc1ccccc1.[O-]c1ccccc1Cc1ccccc1. The van der Waals surface area contributed by atoms with E-state index in [4.69, 9.17) is 0 Å². The molecule has 0 atom stereocenters. The first-order chi connectivity index (χ1) is 20.6. The fourth-order valence-corrected chi connectivity index (χ4v) is 4.40. The van der Waals surface area contributed by atoms with Crippen molar-refractivity contribution in [1.82, 2.24) is 0 Å². The first-order valence-electron chi connectivity index (χ1n) is 13.9. The van der Waals surface area contributed by atoms with Crippen LogP contribution in [0, 0.1) is 0 Å². The van der Waals surface area contributed by atoms with E-state index in [1.807, 2.05) is 127 Å². The Bertz CT molecular complexity index is 1420. The maximum atomic E-state index is 11.4. The van der Waals surface area contributed by atoms with Crippen LogP contribution in [0.3, 0.4) is 0 Å². The van der Waals surface area contributed by atoms with Crippen LogP contribution in [0.2, 0.25) is 0 Å². The Balaban J connectivity index is 0.000000175. The Morgan fingerprint density at radius 2 is 0.488 bits per heavy atom. The van der Waals surface area contributed by atoms with Gasteiger partial charge in [0.2, 0.25) is 0 Å². The number of hydrogen-bond acceptors (Lipinski definition) is 3. The fraction of sp³-hybridized carbons (Fsp3) is 0.0769. The predicted octanol–water partition coefficient (Wildman–Crippen LogP) is 6.67. The summed E-state index contributed by atoms with van der Waals surface area (Å²) in [7, 11) is 0. The third-order valence-corrected chi connectivity index (χ3v) is 6.63. The number of hydrogen-bond donors (Lipinski definition) is 0. The molecule has 6 aromatic rings. The van der Waals surface area contributed by atoms with Crippen LogP contribution < -0.4 is 15.3 Å². The molecule has 0 amide bonds. The van der Waals surface area contributed by atoms with E-state index in [9.17, 15) is 15.3 Å². The fourth-order valence-electron chi connectivity index (χ4n) is 4.40. The second-order valence-electron chi connectivity index (χ2n) is 9.81. The van der Waals surface area contributed by atoms with Gasteiger partial charge >= 0.3 is 17.4 Å². The minimum atomic E-state index is 0. The molecule has 0 N–H and O–H groups in total. The van der Waals surface area contributed by atoms with Gasteiger partial charge in [0.25, 0.3) is 0 Å². The molecule has 0 saturated heterocycles. The molecule has 0 aliphatic rings. The van der Waals surface area contributed by atoms with Crippen molar-refractivity contribution in [3.05, 3.63) is 197 Å². The van der Waals surface area contributed by atoms with E-state index in [1.54, 1.807) is 36.4 Å².